The average Bonchev–Trinajstić information content (AvgIpc) is 2.47. The molecule has 0 aliphatic heterocycles. The maximum absolute atomic E-state index is 12.0. The van der Waals surface area contributed by atoms with Gasteiger partial charge in [-0.05, 0) is 31.2 Å². The fourth-order valence-corrected chi connectivity index (χ4v) is 2.80. The molecule has 0 aromatic carbocycles. The zero-order valence-electron chi connectivity index (χ0n) is 12.8. The molecule has 20 heavy (non-hydrogen) atoms. The van der Waals surface area contributed by atoms with Crippen LogP contribution in [0.2, 0.25) is 0 Å². The van der Waals surface area contributed by atoms with Gasteiger partial charge in [0.15, 0.2) is 0 Å². The van der Waals surface area contributed by atoms with Gasteiger partial charge in [-0.15, -0.1) is 0 Å². The van der Waals surface area contributed by atoms with Crippen LogP contribution in [-0.4, -0.2) is 45.9 Å². The Labute approximate surface area is 122 Å². The molecule has 5 heteroatoms. The van der Waals surface area contributed by atoms with Crippen molar-refractivity contribution in [1.29, 1.82) is 0 Å². The van der Waals surface area contributed by atoms with Gasteiger partial charge >= 0.3 is 0 Å². The Morgan fingerprint density at radius 1 is 1.20 bits per heavy atom. The van der Waals surface area contributed by atoms with Gasteiger partial charge in [0, 0.05) is 26.7 Å². The molecule has 0 aromatic heterocycles. The van der Waals surface area contributed by atoms with E-state index in [4.69, 9.17) is 15.2 Å². The standard InChI is InChI=1S/C15H30N2O3/c1-19-10-11-20-9-5-8-17-14(18)12-15(13-16)6-3-2-4-7-15/h2-13,16H2,1H3,(H,17,18). The second-order valence-electron chi connectivity index (χ2n) is 5.75. The Kier molecular flexibility index (Phi) is 8.82. The maximum atomic E-state index is 12.0. The van der Waals surface area contributed by atoms with E-state index in [1.807, 2.05) is 0 Å². The van der Waals surface area contributed by atoms with E-state index in [9.17, 15) is 4.79 Å². The number of nitrogens with one attached hydrogen (secondary N) is 1. The summed E-state index contributed by atoms with van der Waals surface area (Å²) in [6, 6.07) is 0. The summed E-state index contributed by atoms with van der Waals surface area (Å²) < 4.78 is 10.2. The number of methoxy groups -OCH3 is 1. The summed E-state index contributed by atoms with van der Waals surface area (Å²) >= 11 is 0. The molecule has 0 aromatic rings. The summed E-state index contributed by atoms with van der Waals surface area (Å²) in [5.41, 5.74) is 5.95. The molecule has 3 N–H and O–H groups in total. The topological polar surface area (TPSA) is 73.6 Å². The first-order valence-corrected chi connectivity index (χ1v) is 7.76. The molecule has 0 unspecified atom stereocenters. The lowest BCUT2D eigenvalue weighted by Crippen LogP contribution is -2.39. The van der Waals surface area contributed by atoms with E-state index in [0.717, 1.165) is 19.3 Å². The second-order valence-corrected chi connectivity index (χ2v) is 5.75. The Balaban J connectivity index is 2.10. The minimum atomic E-state index is 0.0529. The lowest BCUT2D eigenvalue weighted by Gasteiger charge is -2.35. The Hall–Kier alpha value is -0.650. The number of rotatable bonds is 10. The monoisotopic (exact) mass is 286 g/mol. The molecule has 0 spiro atoms. The van der Waals surface area contributed by atoms with Crippen LogP contribution < -0.4 is 11.1 Å². The highest BCUT2D eigenvalue weighted by Crippen LogP contribution is 2.38. The fraction of sp³-hybridized carbons (Fsp3) is 0.933. The summed E-state index contributed by atoms with van der Waals surface area (Å²) in [6.07, 6.45) is 7.30. The van der Waals surface area contributed by atoms with Crippen LogP contribution in [0.15, 0.2) is 0 Å². The molecule has 118 valence electrons. The van der Waals surface area contributed by atoms with Crippen LogP contribution in [-0.2, 0) is 14.3 Å². The predicted octanol–water partition coefficient (Wildman–Crippen LogP) is 1.46. The van der Waals surface area contributed by atoms with E-state index in [1.54, 1.807) is 7.11 Å². The molecular formula is C15H30N2O3. The highest BCUT2D eigenvalue weighted by atomic mass is 16.5. The lowest BCUT2D eigenvalue weighted by atomic mass is 9.71. The van der Waals surface area contributed by atoms with Crippen LogP contribution in [0.25, 0.3) is 0 Å². The number of hydrogen-bond donors (Lipinski definition) is 2. The van der Waals surface area contributed by atoms with Crippen molar-refractivity contribution < 1.29 is 14.3 Å². The van der Waals surface area contributed by atoms with E-state index >= 15 is 0 Å². The highest BCUT2D eigenvalue weighted by Gasteiger charge is 2.32. The summed E-state index contributed by atoms with van der Waals surface area (Å²) in [4.78, 5) is 12.0. The SMILES string of the molecule is COCCOCCCNC(=O)CC1(CN)CCCCC1. The molecule has 1 rings (SSSR count). The van der Waals surface area contributed by atoms with Gasteiger partial charge in [0.1, 0.15) is 0 Å². The Bertz CT molecular complexity index is 266. The maximum Gasteiger partial charge on any atom is 0.220 e. The number of hydrogen-bond acceptors (Lipinski definition) is 4. The predicted molar refractivity (Wildman–Crippen MR) is 79.5 cm³/mol. The van der Waals surface area contributed by atoms with Crippen LogP contribution >= 0.6 is 0 Å². The molecule has 1 amide bonds. The van der Waals surface area contributed by atoms with Crippen molar-refractivity contribution in [2.45, 2.75) is 44.9 Å². The van der Waals surface area contributed by atoms with Crippen molar-refractivity contribution in [3.05, 3.63) is 0 Å². The number of amides is 1. The normalized spacial score (nSPS) is 17.9. The third-order valence-corrected chi connectivity index (χ3v) is 4.10. The average molecular weight is 286 g/mol. The quantitative estimate of drug-likeness (QED) is 0.596. The molecule has 0 heterocycles. The van der Waals surface area contributed by atoms with Crippen LogP contribution in [0.3, 0.4) is 0 Å². The number of nitrogens with two attached hydrogens (primary N) is 1. The molecule has 0 atom stereocenters. The van der Waals surface area contributed by atoms with E-state index < -0.39 is 0 Å². The van der Waals surface area contributed by atoms with Gasteiger partial charge < -0.3 is 20.5 Å². The van der Waals surface area contributed by atoms with Gasteiger partial charge in [-0.25, -0.2) is 0 Å². The van der Waals surface area contributed by atoms with Crippen molar-refractivity contribution >= 4 is 5.91 Å². The minimum Gasteiger partial charge on any atom is -0.382 e. The second kappa shape index (κ2) is 10.1. The van der Waals surface area contributed by atoms with E-state index in [1.165, 1.54) is 19.3 Å². The van der Waals surface area contributed by atoms with Gasteiger partial charge in [-0.1, -0.05) is 19.3 Å². The third-order valence-electron chi connectivity index (χ3n) is 4.10. The lowest BCUT2D eigenvalue weighted by molar-refractivity contribution is -0.123. The molecule has 1 aliphatic carbocycles. The fourth-order valence-electron chi connectivity index (χ4n) is 2.80. The van der Waals surface area contributed by atoms with Crippen molar-refractivity contribution in [2.24, 2.45) is 11.1 Å². The largest absolute Gasteiger partial charge is 0.382 e. The molecule has 0 saturated heterocycles. The first kappa shape index (κ1) is 17.4. The summed E-state index contributed by atoms with van der Waals surface area (Å²) in [5, 5.41) is 2.97. The van der Waals surface area contributed by atoms with E-state index in [0.29, 0.717) is 39.3 Å². The first-order valence-electron chi connectivity index (χ1n) is 7.76. The van der Waals surface area contributed by atoms with Crippen LogP contribution in [0.4, 0.5) is 0 Å². The van der Waals surface area contributed by atoms with E-state index in [2.05, 4.69) is 5.32 Å². The zero-order chi connectivity index (χ0) is 14.7. The molecule has 1 fully saturated rings. The van der Waals surface area contributed by atoms with E-state index in [-0.39, 0.29) is 11.3 Å². The van der Waals surface area contributed by atoms with Crippen LogP contribution in [0.5, 0.6) is 0 Å². The number of carbonyl (C=O) groups is 1. The molecular weight excluding hydrogens is 256 g/mol. The number of carbonyl (C=O) groups excluding carboxylic acids is 1. The highest BCUT2D eigenvalue weighted by molar-refractivity contribution is 5.76. The smallest absolute Gasteiger partial charge is 0.220 e. The third kappa shape index (κ3) is 6.68. The van der Waals surface area contributed by atoms with Gasteiger partial charge in [-0.3, -0.25) is 4.79 Å². The first-order chi connectivity index (χ1) is 9.72. The molecule has 1 saturated carbocycles. The number of ether oxygens (including phenoxy) is 2. The van der Waals surface area contributed by atoms with Gasteiger partial charge in [0.05, 0.1) is 13.2 Å². The van der Waals surface area contributed by atoms with Gasteiger partial charge in [0.25, 0.3) is 0 Å². The van der Waals surface area contributed by atoms with Gasteiger partial charge in [-0.2, -0.15) is 0 Å². The van der Waals surface area contributed by atoms with Crippen molar-refractivity contribution in [1.82, 2.24) is 5.32 Å². The van der Waals surface area contributed by atoms with Crippen molar-refractivity contribution in [3.63, 3.8) is 0 Å². The van der Waals surface area contributed by atoms with Crippen molar-refractivity contribution in [2.75, 3.05) is 40.0 Å². The summed E-state index contributed by atoms with van der Waals surface area (Å²) in [5.74, 6) is 0.134. The van der Waals surface area contributed by atoms with Crippen LogP contribution in [0, 0.1) is 5.41 Å². The summed E-state index contributed by atoms with van der Waals surface area (Å²) in [6.45, 7) is 3.19. The zero-order valence-corrected chi connectivity index (χ0v) is 12.8. The Morgan fingerprint density at radius 3 is 2.60 bits per heavy atom. The minimum absolute atomic E-state index is 0.0529. The van der Waals surface area contributed by atoms with Gasteiger partial charge in [0.2, 0.25) is 5.91 Å². The molecule has 0 bridgehead atoms. The van der Waals surface area contributed by atoms with Crippen molar-refractivity contribution in [3.8, 4) is 0 Å². The molecule has 0 radical (unpaired) electrons. The Morgan fingerprint density at radius 2 is 1.95 bits per heavy atom. The van der Waals surface area contributed by atoms with Crippen LogP contribution in [0.1, 0.15) is 44.9 Å². The molecule has 1 aliphatic rings. The summed E-state index contributed by atoms with van der Waals surface area (Å²) in [7, 11) is 1.65. The molecule has 5 nitrogen and oxygen atoms in total.